The molecule has 0 atom stereocenters. The summed E-state index contributed by atoms with van der Waals surface area (Å²) in [6.07, 6.45) is 1.75. The Kier molecular flexibility index (Phi) is 4.12. The molecule has 23 heavy (non-hydrogen) atoms. The number of aromatic nitrogens is 1. The van der Waals surface area contributed by atoms with E-state index in [0.717, 1.165) is 12.0 Å². The van der Waals surface area contributed by atoms with Crippen molar-refractivity contribution < 1.29 is 14.7 Å². The van der Waals surface area contributed by atoms with Crippen LogP contribution in [0.1, 0.15) is 34.6 Å². The van der Waals surface area contributed by atoms with E-state index in [2.05, 4.69) is 10.3 Å². The number of halogens is 1. The van der Waals surface area contributed by atoms with Crippen LogP contribution in [-0.2, 0) is 4.79 Å². The lowest BCUT2D eigenvalue weighted by Crippen LogP contribution is -2.59. The fraction of sp³-hybridized carbons (Fsp3) is 0.312. The molecule has 1 saturated carbocycles. The minimum Gasteiger partial charge on any atom is -0.480 e. The molecule has 3 rings (SSSR count). The van der Waals surface area contributed by atoms with Gasteiger partial charge in [-0.3, -0.25) is 4.79 Å². The molecule has 0 radical (unpaired) electrons. The second-order valence-electron chi connectivity index (χ2n) is 5.64. The van der Waals surface area contributed by atoms with Gasteiger partial charge in [-0.05, 0) is 38.3 Å². The van der Waals surface area contributed by atoms with Crippen molar-refractivity contribution in [2.45, 2.75) is 31.7 Å². The molecule has 1 aliphatic rings. The molecular formula is C16H15ClN2O3S. The molecule has 5 nitrogen and oxygen atoms in total. The summed E-state index contributed by atoms with van der Waals surface area (Å²) < 4.78 is 0. The number of aliphatic carboxylic acids is 1. The molecule has 2 aromatic rings. The molecule has 1 aliphatic carbocycles. The Morgan fingerprint density at radius 1 is 1.30 bits per heavy atom. The van der Waals surface area contributed by atoms with Gasteiger partial charge in [-0.2, -0.15) is 0 Å². The lowest BCUT2D eigenvalue weighted by atomic mass is 9.76. The van der Waals surface area contributed by atoms with E-state index in [-0.39, 0.29) is 5.91 Å². The number of hydrogen-bond donors (Lipinski definition) is 2. The molecular weight excluding hydrogens is 336 g/mol. The standard InChI is InChI=1S/C16H15ClN2O3S/c1-9-12(13(20)19-16(15(21)22)7-2-8-16)23-14(18-9)10-3-5-11(17)6-4-10/h3-6H,2,7-8H2,1H3,(H,19,20)(H,21,22). The Balaban J connectivity index is 1.84. The molecule has 120 valence electrons. The second kappa shape index (κ2) is 5.94. The smallest absolute Gasteiger partial charge is 0.329 e. The van der Waals surface area contributed by atoms with Gasteiger partial charge in [0.15, 0.2) is 0 Å². The van der Waals surface area contributed by atoms with Crippen molar-refractivity contribution in [1.82, 2.24) is 10.3 Å². The van der Waals surface area contributed by atoms with E-state index in [0.29, 0.717) is 33.4 Å². The van der Waals surface area contributed by atoms with Crippen molar-refractivity contribution in [2.24, 2.45) is 0 Å². The van der Waals surface area contributed by atoms with Gasteiger partial charge in [0.2, 0.25) is 0 Å². The first kappa shape index (κ1) is 16.0. The predicted octanol–water partition coefficient (Wildman–Crippen LogP) is 3.51. The maximum atomic E-state index is 12.5. The molecule has 0 saturated heterocycles. The van der Waals surface area contributed by atoms with Crippen LogP contribution in [0.2, 0.25) is 5.02 Å². The predicted molar refractivity (Wildman–Crippen MR) is 89.0 cm³/mol. The molecule has 0 aliphatic heterocycles. The lowest BCUT2D eigenvalue weighted by molar-refractivity contribution is -0.148. The third-order valence-electron chi connectivity index (χ3n) is 4.06. The maximum Gasteiger partial charge on any atom is 0.329 e. The summed E-state index contributed by atoms with van der Waals surface area (Å²) >= 11 is 7.13. The highest BCUT2D eigenvalue weighted by Crippen LogP contribution is 2.34. The first-order valence-corrected chi connectivity index (χ1v) is 8.40. The van der Waals surface area contributed by atoms with Gasteiger partial charge < -0.3 is 10.4 Å². The summed E-state index contributed by atoms with van der Waals surface area (Å²) in [6.45, 7) is 1.75. The molecule has 7 heteroatoms. The Morgan fingerprint density at radius 2 is 1.96 bits per heavy atom. The quantitative estimate of drug-likeness (QED) is 0.884. The highest BCUT2D eigenvalue weighted by Gasteiger charge is 2.46. The number of hydrogen-bond acceptors (Lipinski definition) is 4. The summed E-state index contributed by atoms with van der Waals surface area (Å²) in [4.78, 5) is 28.7. The second-order valence-corrected chi connectivity index (χ2v) is 7.07. The summed E-state index contributed by atoms with van der Waals surface area (Å²) in [6, 6.07) is 7.21. The minimum absolute atomic E-state index is 0.373. The van der Waals surface area contributed by atoms with E-state index in [9.17, 15) is 14.7 Å². The number of nitrogens with zero attached hydrogens (tertiary/aromatic N) is 1. The van der Waals surface area contributed by atoms with E-state index >= 15 is 0 Å². The monoisotopic (exact) mass is 350 g/mol. The fourth-order valence-corrected chi connectivity index (χ4v) is 3.61. The number of carbonyl (C=O) groups excluding carboxylic acids is 1. The molecule has 0 unspecified atom stereocenters. The minimum atomic E-state index is -1.12. The van der Waals surface area contributed by atoms with Gasteiger partial charge in [0.05, 0.1) is 5.69 Å². The topological polar surface area (TPSA) is 79.3 Å². The highest BCUT2D eigenvalue weighted by molar-refractivity contribution is 7.17. The van der Waals surface area contributed by atoms with E-state index in [1.54, 1.807) is 19.1 Å². The molecule has 2 N–H and O–H groups in total. The Hall–Kier alpha value is -1.92. The molecule has 1 aromatic heterocycles. The van der Waals surface area contributed by atoms with Gasteiger partial charge in [-0.25, -0.2) is 9.78 Å². The molecule has 1 heterocycles. The normalized spacial score (nSPS) is 15.7. The van der Waals surface area contributed by atoms with Crippen molar-refractivity contribution in [2.75, 3.05) is 0 Å². The molecule has 0 bridgehead atoms. The molecule has 1 aromatic carbocycles. The number of thiazole rings is 1. The number of amides is 1. The summed E-state index contributed by atoms with van der Waals surface area (Å²) in [5.74, 6) is -1.35. The van der Waals surface area contributed by atoms with Gasteiger partial charge in [-0.15, -0.1) is 11.3 Å². The zero-order chi connectivity index (χ0) is 16.6. The zero-order valence-electron chi connectivity index (χ0n) is 12.4. The molecule has 0 spiro atoms. The number of nitrogens with one attached hydrogen (secondary N) is 1. The maximum absolute atomic E-state index is 12.5. The summed E-state index contributed by atoms with van der Waals surface area (Å²) in [5, 5.41) is 13.3. The SMILES string of the molecule is Cc1nc(-c2ccc(Cl)cc2)sc1C(=O)NC1(C(=O)O)CCC1. The van der Waals surface area contributed by atoms with Gasteiger partial charge in [0, 0.05) is 10.6 Å². The zero-order valence-corrected chi connectivity index (χ0v) is 14.0. The summed E-state index contributed by atoms with van der Waals surface area (Å²) in [7, 11) is 0. The Bertz CT molecular complexity index is 766. The number of rotatable bonds is 4. The van der Waals surface area contributed by atoms with Crippen LogP contribution in [0.4, 0.5) is 0 Å². The van der Waals surface area contributed by atoms with Crippen LogP contribution in [0.25, 0.3) is 10.6 Å². The van der Waals surface area contributed by atoms with Crippen molar-refractivity contribution in [3.8, 4) is 10.6 Å². The van der Waals surface area contributed by atoms with E-state index in [1.165, 1.54) is 11.3 Å². The largest absolute Gasteiger partial charge is 0.480 e. The van der Waals surface area contributed by atoms with E-state index in [1.807, 2.05) is 12.1 Å². The van der Waals surface area contributed by atoms with E-state index < -0.39 is 11.5 Å². The number of carboxylic acids is 1. The number of carboxylic acid groups (broad SMARTS) is 1. The van der Waals surface area contributed by atoms with Gasteiger partial charge in [0.25, 0.3) is 5.91 Å². The number of carbonyl (C=O) groups is 2. The van der Waals surface area contributed by atoms with Crippen LogP contribution in [0.5, 0.6) is 0 Å². The van der Waals surface area contributed by atoms with Crippen molar-refractivity contribution in [3.63, 3.8) is 0 Å². The van der Waals surface area contributed by atoms with Crippen molar-refractivity contribution in [1.29, 1.82) is 0 Å². The first-order chi connectivity index (χ1) is 10.9. The first-order valence-electron chi connectivity index (χ1n) is 7.20. The third-order valence-corrected chi connectivity index (χ3v) is 5.52. The van der Waals surface area contributed by atoms with Crippen LogP contribution in [-0.4, -0.2) is 27.5 Å². The van der Waals surface area contributed by atoms with Crippen LogP contribution in [0, 0.1) is 6.92 Å². The van der Waals surface area contributed by atoms with E-state index in [4.69, 9.17) is 11.6 Å². The fourth-order valence-electron chi connectivity index (χ4n) is 2.52. The molecule has 1 fully saturated rings. The van der Waals surface area contributed by atoms with Crippen LogP contribution >= 0.6 is 22.9 Å². The van der Waals surface area contributed by atoms with Gasteiger partial charge in [0.1, 0.15) is 15.4 Å². The average molecular weight is 351 g/mol. The third kappa shape index (κ3) is 2.96. The number of benzene rings is 1. The Labute approximate surface area is 142 Å². The van der Waals surface area contributed by atoms with Crippen molar-refractivity contribution in [3.05, 3.63) is 39.9 Å². The number of aryl methyl sites for hydroxylation is 1. The highest BCUT2D eigenvalue weighted by atomic mass is 35.5. The van der Waals surface area contributed by atoms with Crippen LogP contribution in [0.15, 0.2) is 24.3 Å². The van der Waals surface area contributed by atoms with Gasteiger partial charge >= 0.3 is 5.97 Å². The summed E-state index contributed by atoms with van der Waals surface area (Å²) in [5.41, 5.74) is 0.351. The Morgan fingerprint density at radius 3 is 2.48 bits per heavy atom. The van der Waals surface area contributed by atoms with Crippen molar-refractivity contribution >= 4 is 34.8 Å². The molecule has 1 amide bonds. The van der Waals surface area contributed by atoms with Crippen LogP contribution in [0.3, 0.4) is 0 Å². The van der Waals surface area contributed by atoms with Gasteiger partial charge in [-0.1, -0.05) is 23.7 Å². The van der Waals surface area contributed by atoms with Crippen LogP contribution < -0.4 is 5.32 Å². The average Bonchev–Trinajstić information content (AvgIpc) is 2.85. The lowest BCUT2D eigenvalue weighted by Gasteiger charge is -2.38.